The molecule has 2 fully saturated rings. The Bertz CT molecular complexity index is 464. The van der Waals surface area contributed by atoms with Crippen molar-refractivity contribution in [1.29, 1.82) is 0 Å². The monoisotopic (exact) mass is 410 g/mol. The summed E-state index contributed by atoms with van der Waals surface area (Å²) in [7, 11) is 0. The Kier molecular flexibility index (Phi) is 12.6. The molecule has 0 aliphatic carbocycles. The quantitative estimate of drug-likeness (QED) is 0.218. The normalized spacial score (nSPS) is 26.3. The van der Waals surface area contributed by atoms with Crippen molar-refractivity contribution in [1.82, 2.24) is 0 Å². The minimum atomic E-state index is -0.603. The maximum atomic E-state index is 12.0. The molecule has 0 aromatic rings. The van der Waals surface area contributed by atoms with Gasteiger partial charge in [-0.15, -0.1) is 0 Å². The van der Waals surface area contributed by atoms with Gasteiger partial charge in [-0.3, -0.25) is 4.79 Å². The van der Waals surface area contributed by atoms with Crippen LogP contribution in [0.2, 0.25) is 0 Å². The van der Waals surface area contributed by atoms with E-state index in [1.807, 2.05) is 0 Å². The van der Waals surface area contributed by atoms with Gasteiger partial charge in [0.05, 0.1) is 13.2 Å². The van der Waals surface area contributed by atoms with Gasteiger partial charge in [-0.1, -0.05) is 70.4 Å². The van der Waals surface area contributed by atoms with Gasteiger partial charge in [0.25, 0.3) is 0 Å². The number of aliphatic hydroxyl groups excluding tert-OH is 1. The maximum absolute atomic E-state index is 12.0. The molecule has 0 bridgehead atoms. The number of esters is 1. The summed E-state index contributed by atoms with van der Waals surface area (Å²) < 4.78 is 16.4. The number of fused-ring (bicyclic) bond motifs is 1. The predicted molar refractivity (Wildman–Crippen MR) is 115 cm³/mol. The largest absolute Gasteiger partial charge is 0.457 e. The van der Waals surface area contributed by atoms with Crippen LogP contribution in [0.15, 0.2) is 12.2 Å². The highest BCUT2D eigenvalue weighted by atomic mass is 16.6. The second kappa shape index (κ2) is 15.0. The number of hydrogen-bond donors (Lipinski definition) is 1. The van der Waals surface area contributed by atoms with Crippen LogP contribution < -0.4 is 0 Å². The summed E-state index contributed by atoms with van der Waals surface area (Å²) in [4.78, 5) is 12.0. The first-order valence-electron chi connectivity index (χ1n) is 12.0. The minimum Gasteiger partial charge on any atom is -0.457 e. The molecule has 4 atom stereocenters. The van der Waals surface area contributed by atoms with Crippen LogP contribution in [-0.4, -0.2) is 48.7 Å². The first-order valence-corrected chi connectivity index (χ1v) is 12.0. The van der Waals surface area contributed by atoms with Gasteiger partial charge in [0.1, 0.15) is 18.3 Å². The molecule has 5 nitrogen and oxygen atoms in total. The zero-order valence-corrected chi connectivity index (χ0v) is 18.4. The van der Waals surface area contributed by atoms with Crippen LogP contribution in [0.25, 0.3) is 0 Å². The van der Waals surface area contributed by atoms with Crippen molar-refractivity contribution < 1.29 is 24.1 Å². The molecule has 0 saturated carbocycles. The number of carbonyl (C=O) groups excluding carboxylic acids is 1. The molecule has 2 saturated heterocycles. The summed E-state index contributed by atoms with van der Waals surface area (Å²) in [6.07, 6.45) is 19.7. The summed E-state index contributed by atoms with van der Waals surface area (Å²) in [6.45, 7) is 2.85. The van der Waals surface area contributed by atoms with Crippen molar-refractivity contribution in [3.8, 4) is 0 Å². The molecule has 0 aromatic heterocycles. The van der Waals surface area contributed by atoms with E-state index in [0.717, 1.165) is 12.8 Å². The first kappa shape index (κ1) is 24.4. The molecule has 5 heteroatoms. The van der Waals surface area contributed by atoms with Crippen LogP contribution in [0, 0.1) is 0 Å². The molecular formula is C24H42O5. The second-order valence-electron chi connectivity index (χ2n) is 8.53. The van der Waals surface area contributed by atoms with Crippen LogP contribution in [0.3, 0.4) is 0 Å². The number of allylic oxidation sites excluding steroid dienone is 2. The fraction of sp³-hybridized carbons (Fsp3) is 0.875. The van der Waals surface area contributed by atoms with Crippen LogP contribution in [0.5, 0.6) is 0 Å². The number of carbonyl (C=O) groups is 1. The average Bonchev–Trinajstić information content (AvgIpc) is 3.28. The number of rotatable bonds is 16. The van der Waals surface area contributed by atoms with Gasteiger partial charge in [0.2, 0.25) is 0 Å². The molecule has 2 rings (SSSR count). The summed E-state index contributed by atoms with van der Waals surface area (Å²) in [5.74, 6) is -0.179. The molecule has 2 aliphatic rings. The van der Waals surface area contributed by atoms with E-state index in [0.29, 0.717) is 13.0 Å². The van der Waals surface area contributed by atoms with Crippen molar-refractivity contribution in [3.63, 3.8) is 0 Å². The third-order valence-electron chi connectivity index (χ3n) is 5.91. The van der Waals surface area contributed by atoms with E-state index in [1.165, 1.54) is 70.6 Å². The summed E-state index contributed by atoms with van der Waals surface area (Å²) in [5.41, 5.74) is 0. The van der Waals surface area contributed by atoms with Crippen LogP contribution >= 0.6 is 0 Å². The molecule has 0 spiro atoms. The predicted octanol–water partition coefficient (Wildman–Crippen LogP) is 5.09. The van der Waals surface area contributed by atoms with E-state index < -0.39 is 6.10 Å². The van der Waals surface area contributed by atoms with Crippen molar-refractivity contribution in [2.45, 2.75) is 121 Å². The Morgan fingerprint density at radius 3 is 2.14 bits per heavy atom. The lowest BCUT2D eigenvalue weighted by molar-refractivity contribution is -0.153. The fourth-order valence-electron chi connectivity index (χ4n) is 4.11. The Morgan fingerprint density at radius 1 is 0.862 bits per heavy atom. The smallest absolute Gasteiger partial charge is 0.306 e. The van der Waals surface area contributed by atoms with Crippen LogP contribution in [0.4, 0.5) is 0 Å². The molecule has 0 radical (unpaired) electrons. The van der Waals surface area contributed by atoms with Crippen molar-refractivity contribution in [3.05, 3.63) is 12.2 Å². The molecule has 168 valence electrons. The van der Waals surface area contributed by atoms with Gasteiger partial charge in [0, 0.05) is 6.42 Å². The molecule has 0 amide bonds. The summed E-state index contributed by atoms with van der Waals surface area (Å²) in [5, 5.41) is 9.71. The number of hydrogen-bond acceptors (Lipinski definition) is 5. The number of ether oxygens (including phenoxy) is 3. The molecule has 1 N–H and O–H groups in total. The zero-order valence-electron chi connectivity index (χ0n) is 18.4. The minimum absolute atomic E-state index is 0.179. The van der Waals surface area contributed by atoms with Gasteiger partial charge in [0.15, 0.2) is 6.10 Å². The van der Waals surface area contributed by atoms with E-state index in [2.05, 4.69) is 19.1 Å². The standard InChI is InChI=1S/C24H42O5/c1-2-3-4-5-6-7-8-9-10-11-12-13-14-15-16-17-22(26)29-21-19-28-23-20(25)18-27-24(21)23/h9-10,20-21,23-25H,2-8,11-19H2,1H3/b10-9+. The molecule has 2 heterocycles. The average molecular weight is 411 g/mol. The van der Waals surface area contributed by atoms with E-state index in [9.17, 15) is 9.90 Å². The van der Waals surface area contributed by atoms with Gasteiger partial charge < -0.3 is 19.3 Å². The first-order chi connectivity index (χ1) is 14.2. The Balaban J connectivity index is 1.35. The Hall–Kier alpha value is -0.910. The molecule has 2 aliphatic heterocycles. The molecule has 0 aromatic carbocycles. The van der Waals surface area contributed by atoms with Gasteiger partial charge >= 0.3 is 5.97 Å². The van der Waals surface area contributed by atoms with Crippen LogP contribution in [-0.2, 0) is 19.0 Å². The SMILES string of the molecule is CCCCCCCC/C=C/CCCCCCCC(=O)OC1COC2C(O)COC12. The Labute approximate surface area is 177 Å². The van der Waals surface area contributed by atoms with E-state index >= 15 is 0 Å². The lowest BCUT2D eigenvalue weighted by atomic mass is 10.1. The fourth-order valence-corrected chi connectivity index (χ4v) is 4.11. The Morgan fingerprint density at radius 2 is 1.45 bits per heavy atom. The van der Waals surface area contributed by atoms with Gasteiger partial charge in [-0.25, -0.2) is 0 Å². The molecular weight excluding hydrogens is 368 g/mol. The second-order valence-corrected chi connectivity index (χ2v) is 8.53. The topological polar surface area (TPSA) is 65.0 Å². The third-order valence-corrected chi connectivity index (χ3v) is 5.91. The highest BCUT2D eigenvalue weighted by Gasteiger charge is 2.48. The van der Waals surface area contributed by atoms with Crippen molar-refractivity contribution in [2.75, 3.05) is 13.2 Å². The van der Waals surface area contributed by atoms with Crippen molar-refractivity contribution in [2.24, 2.45) is 0 Å². The summed E-state index contributed by atoms with van der Waals surface area (Å²) in [6, 6.07) is 0. The highest BCUT2D eigenvalue weighted by Crippen LogP contribution is 2.29. The van der Waals surface area contributed by atoms with E-state index in [-0.39, 0.29) is 30.9 Å². The lowest BCUT2D eigenvalue weighted by Gasteiger charge is -2.16. The van der Waals surface area contributed by atoms with E-state index in [4.69, 9.17) is 14.2 Å². The van der Waals surface area contributed by atoms with Gasteiger partial charge in [-0.05, 0) is 32.1 Å². The zero-order chi connectivity index (χ0) is 20.7. The molecule has 29 heavy (non-hydrogen) atoms. The van der Waals surface area contributed by atoms with E-state index in [1.54, 1.807) is 0 Å². The third kappa shape index (κ3) is 9.63. The lowest BCUT2D eigenvalue weighted by Crippen LogP contribution is -2.34. The summed E-state index contributed by atoms with van der Waals surface area (Å²) >= 11 is 0. The van der Waals surface area contributed by atoms with Crippen molar-refractivity contribution >= 4 is 5.97 Å². The highest BCUT2D eigenvalue weighted by molar-refractivity contribution is 5.69. The molecule has 4 unspecified atom stereocenters. The van der Waals surface area contributed by atoms with Crippen LogP contribution in [0.1, 0.15) is 96.8 Å². The number of unbranched alkanes of at least 4 members (excludes halogenated alkanes) is 11. The maximum Gasteiger partial charge on any atom is 0.306 e. The number of aliphatic hydroxyl groups is 1. The van der Waals surface area contributed by atoms with Gasteiger partial charge in [-0.2, -0.15) is 0 Å².